The standard InChI is InChI=1S/C19H42O2Si2/c1-18(2,3)14-13-15(19(4,5)6)17(21-23(10,11)12)16(14)20-22(7,8)9/h14-17H,13H2,1-12H3. The molecule has 1 saturated carbocycles. The molecule has 4 heteroatoms. The molecule has 0 amide bonds. The van der Waals surface area contributed by atoms with Crippen molar-refractivity contribution < 1.29 is 8.85 Å². The summed E-state index contributed by atoms with van der Waals surface area (Å²) in [5.74, 6) is 1.14. The Morgan fingerprint density at radius 3 is 1.04 bits per heavy atom. The van der Waals surface area contributed by atoms with Gasteiger partial charge in [0.1, 0.15) is 0 Å². The monoisotopic (exact) mass is 358 g/mol. The molecule has 1 aliphatic carbocycles. The van der Waals surface area contributed by atoms with Gasteiger partial charge in [-0.3, -0.25) is 0 Å². The van der Waals surface area contributed by atoms with Crippen LogP contribution in [0.5, 0.6) is 0 Å². The van der Waals surface area contributed by atoms with Crippen LogP contribution >= 0.6 is 0 Å². The third kappa shape index (κ3) is 6.30. The fourth-order valence-electron chi connectivity index (χ4n) is 3.81. The largest absolute Gasteiger partial charge is 0.412 e. The molecule has 0 aromatic heterocycles. The first-order valence-corrected chi connectivity index (χ1v) is 16.1. The molecule has 1 rings (SSSR count). The fourth-order valence-corrected chi connectivity index (χ4v) is 6.04. The summed E-state index contributed by atoms with van der Waals surface area (Å²) < 4.78 is 13.5. The lowest BCUT2D eigenvalue weighted by Gasteiger charge is -2.41. The van der Waals surface area contributed by atoms with Crippen LogP contribution in [0.15, 0.2) is 0 Å². The van der Waals surface area contributed by atoms with Crippen LogP contribution in [-0.2, 0) is 8.85 Å². The van der Waals surface area contributed by atoms with Crippen molar-refractivity contribution in [1.29, 1.82) is 0 Å². The van der Waals surface area contributed by atoms with Crippen LogP contribution in [0.1, 0.15) is 48.0 Å². The van der Waals surface area contributed by atoms with E-state index in [2.05, 4.69) is 80.8 Å². The van der Waals surface area contributed by atoms with Crippen LogP contribution in [-0.4, -0.2) is 28.8 Å². The van der Waals surface area contributed by atoms with E-state index in [0.717, 1.165) is 0 Å². The molecule has 2 nitrogen and oxygen atoms in total. The second kappa shape index (κ2) is 6.58. The second-order valence-corrected chi connectivity index (χ2v) is 20.5. The van der Waals surface area contributed by atoms with Gasteiger partial charge in [-0.05, 0) is 68.4 Å². The first-order chi connectivity index (χ1) is 9.92. The van der Waals surface area contributed by atoms with Crippen LogP contribution in [0.2, 0.25) is 39.3 Å². The van der Waals surface area contributed by atoms with Crippen LogP contribution in [0.3, 0.4) is 0 Å². The molecular formula is C19H42O2Si2. The normalized spacial score (nSPS) is 30.8. The third-order valence-electron chi connectivity index (χ3n) is 4.83. The minimum atomic E-state index is -1.61. The highest BCUT2D eigenvalue weighted by atomic mass is 28.4. The quantitative estimate of drug-likeness (QED) is 0.561. The third-order valence-corrected chi connectivity index (χ3v) is 6.79. The van der Waals surface area contributed by atoms with Gasteiger partial charge in [0.05, 0.1) is 12.2 Å². The molecule has 0 N–H and O–H groups in total. The van der Waals surface area contributed by atoms with E-state index in [9.17, 15) is 0 Å². The molecule has 23 heavy (non-hydrogen) atoms. The Hall–Kier alpha value is 0.354. The average Bonchev–Trinajstić information content (AvgIpc) is 2.50. The molecule has 1 aliphatic rings. The molecule has 4 unspecified atom stereocenters. The zero-order valence-electron chi connectivity index (χ0n) is 17.8. The summed E-state index contributed by atoms with van der Waals surface area (Å²) in [6.45, 7) is 28.1. The Morgan fingerprint density at radius 2 is 0.870 bits per heavy atom. The predicted octanol–water partition coefficient (Wildman–Crippen LogP) is 6.15. The number of hydrogen-bond acceptors (Lipinski definition) is 2. The van der Waals surface area contributed by atoms with E-state index in [1.807, 2.05) is 0 Å². The minimum Gasteiger partial charge on any atom is -0.412 e. The van der Waals surface area contributed by atoms with Crippen LogP contribution in [0, 0.1) is 22.7 Å². The first kappa shape index (κ1) is 21.4. The van der Waals surface area contributed by atoms with Gasteiger partial charge in [-0.25, -0.2) is 0 Å². The lowest BCUT2D eigenvalue weighted by Crippen LogP contribution is -2.49. The highest BCUT2D eigenvalue weighted by Crippen LogP contribution is 2.51. The van der Waals surface area contributed by atoms with Crippen molar-refractivity contribution in [3.05, 3.63) is 0 Å². The molecule has 0 aromatic carbocycles. The van der Waals surface area contributed by atoms with Crippen molar-refractivity contribution in [2.24, 2.45) is 22.7 Å². The second-order valence-electron chi connectivity index (χ2n) is 11.6. The summed E-state index contributed by atoms with van der Waals surface area (Å²) in [6.07, 6.45) is 1.72. The summed E-state index contributed by atoms with van der Waals surface area (Å²) in [5.41, 5.74) is 0.511. The van der Waals surface area contributed by atoms with Crippen LogP contribution < -0.4 is 0 Å². The van der Waals surface area contributed by atoms with E-state index in [1.165, 1.54) is 6.42 Å². The summed E-state index contributed by atoms with van der Waals surface area (Å²) in [6, 6.07) is 0. The Labute approximate surface area is 148 Å². The lowest BCUT2D eigenvalue weighted by atomic mass is 9.75. The molecule has 1 fully saturated rings. The van der Waals surface area contributed by atoms with Crippen molar-refractivity contribution in [3.63, 3.8) is 0 Å². The van der Waals surface area contributed by atoms with Crippen LogP contribution in [0.4, 0.5) is 0 Å². The predicted molar refractivity (Wildman–Crippen MR) is 107 cm³/mol. The Kier molecular flexibility index (Phi) is 6.12. The van der Waals surface area contributed by atoms with E-state index < -0.39 is 16.6 Å². The lowest BCUT2D eigenvalue weighted by molar-refractivity contribution is -0.0103. The zero-order chi connectivity index (χ0) is 18.4. The SMILES string of the molecule is CC(C)(C)C1CC(C(C)(C)C)C(O[Si](C)(C)C)C1O[Si](C)(C)C. The molecule has 4 atom stereocenters. The Morgan fingerprint density at radius 1 is 0.609 bits per heavy atom. The van der Waals surface area contributed by atoms with E-state index in [-0.39, 0.29) is 23.0 Å². The Bertz CT molecular complexity index is 356. The van der Waals surface area contributed by atoms with Crippen molar-refractivity contribution in [2.75, 3.05) is 0 Å². The number of rotatable bonds is 4. The zero-order valence-corrected chi connectivity index (χ0v) is 19.8. The molecular weight excluding hydrogens is 316 g/mol. The molecule has 0 spiro atoms. The molecule has 0 bridgehead atoms. The molecule has 0 radical (unpaired) electrons. The maximum Gasteiger partial charge on any atom is 0.184 e. The summed E-state index contributed by atoms with van der Waals surface area (Å²) in [7, 11) is -3.23. The van der Waals surface area contributed by atoms with Crippen molar-refractivity contribution in [1.82, 2.24) is 0 Å². The summed E-state index contributed by atoms with van der Waals surface area (Å²) in [5, 5.41) is 0. The smallest absolute Gasteiger partial charge is 0.184 e. The van der Waals surface area contributed by atoms with Gasteiger partial charge in [-0.15, -0.1) is 0 Å². The number of hydrogen-bond donors (Lipinski definition) is 0. The first-order valence-electron chi connectivity index (χ1n) is 9.27. The van der Waals surface area contributed by atoms with Gasteiger partial charge in [0.2, 0.25) is 0 Å². The van der Waals surface area contributed by atoms with Gasteiger partial charge in [-0.1, -0.05) is 41.5 Å². The highest BCUT2D eigenvalue weighted by molar-refractivity contribution is 6.70. The van der Waals surface area contributed by atoms with E-state index in [4.69, 9.17) is 8.85 Å². The molecule has 138 valence electrons. The molecule has 0 aromatic rings. The van der Waals surface area contributed by atoms with E-state index in [0.29, 0.717) is 11.8 Å². The molecule has 0 saturated heterocycles. The van der Waals surface area contributed by atoms with Crippen molar-refractivity contribution >= 4 is 16.6 Å². The maximum atomic E-state index is 6.76. The van der Waals surface area contributed by atoms with Gasteiger partial charge in [-0.2, -0.15) is 0 Å². The average molecular weight is 359 g/mol. The van der Waals surface area contributed by atoms with Gasteiger partial charge in [0.25, 0.3) is 0 Å². The van der Waals surface area contributed by atoms with Gasteiger partial charge < -0.3 is 8.85 Å². The van der Waals surface area contributed by atoms with E-state index >= 15 is 0 Å². The fraction of sp³-hybridized carbons (Fsp3) is 1.00. The topological polar surface area (TPSA) is 18.5 Å². The van der Waals surface area contributed by atoms with Gasteiger partial charge >= 0.3 is 0 Å². The minimum absolute atomic E-state index is 0.248. The molecule has 0 heterocycles. The summed E-state index contributed by atoms with van der Waals surface area (Å²) in [4.78, 5) is 0. The van der Waals surface area contributed by atoms with Crippen LogP contribution in [0.25, 0.3) is 0 Å². The molecule has 0 aliphatic heterocycles. The van der Waals surface area contributed by atoms with E-state index in [1.54, 1.807) is 0 Å². The van der Waals surface area contributed by atoms with Crippen molar-refractivity contribution in [3.8, 4) is 0 Å². The summed E-state index contributed by atoms with van der Waals surface area (Å²) >= 11 is 0. The van der Waals surface area contributed by atoms with Crippen molar-refractivity contribution in [2.45, 2.75) is 99.5 Å². The Balaban J connectivity index is 3.26. The maximum absolute atomic E-state index is 6.76. The van der Waals surface area contributed by atoms with Gasteiger partial charge in [0, 0.05) is 0 Å². The highest BCUT2D eigenvalue weighted by Gasteiger charge is 2.53. The van der Waals surface area contributed by atoms with Gasteiger partial charge in [0.15, 0.2) is 16.6 Å².